The van der Waals surface area contributed by atoms with Crippen LogP contribution in [0.15, 0.2) is 12.1 Å². The van der Waals surface area contributed by atoms with Gasteiger partial charge in [0.15, 0.2) is 11.5 Å². The molecule has 0 bridgehead atoms. The number of phenolic OH excluding ortho intramolecular Hbond substituents is 2. The monoisotopic (exact) mass is 179 g/mol. The van der Waals surface area contributed by atoms with E-state index in [1.165, 1.54) is 0 Å². The van der Waals surface area contributed by atoms with E-state index in [9.17, 15) is 10.2 Å². The molecule has 1 aromatic carbocycles. The van der Waals surface area contributed by atoms with Gasteiger partial charge in [-0.1, -0.05) is 6.07 Å². The van der Waals surface area contributed by atoms with Gasteiger partial charge < -0.3 is 15.1 Å². The fourth-order valence-electron chi connectivity index (χ4n) is 1.77. The van der Waals surface area contributed by atoms with Crippen LogP contribution in [-0.2, 0) is 13.0 Å². The summed E-state index contributed by atoms with van der Waals surface area (Å²) < 4.78 is 0. The van der Waals surface area contributed by atoms with Gasteiger partial charge in [-0.2, -0.15) is 0 Å². The summed E-state index contributed by atoms with van der Waals surface area (Å²) in [6.07, 6.45) is 0.812. The molecule has 2 rings (SSSR count). The van der Waals surface area contributed by atoms with E-state index < -0.39 is 0 Å². The molecule has 0 saturated carbocycles. The Kier molecular flexibility index (Phi) is 1.88. The first-order valence-electron chi connectivity index (χ1n) is 4.39. The van der Waals surface area contributed by atoms with Gasteiger partial charge in [0, 0.05) is 18.7 Å². The normalized spacial score (nSPS) is 17.0. The van der Waals surface area contributed by atoms with E-state index in [-0.39, 0.29) is 11.5 Å². The minimum Gasteiger partial charge on any atom is -0.504 e. The third-order valence-electron chi connectivity index (χ3n) is 2.54. The second-order valence-corrected chi connectivity index (χ2v) is 3.56. The molecule has 1 aromatic rings. The largest absolute Gasteiger partial charge is 0.504 e. The predicted molar refractivity (Wildman–Crippen MR) is 49.8 cm³/mol. The highest BCUT2D eigenvalue weighted by Crippen LogP contribution is 2.33. The molecule has 0 saturated heterocycles. The van der Waals surface area contributed by atoms with Gasteiger partial charge in [0.05, 0.1) is 0 Å². The molecule has 0 atom stereocenters. The number of rotatable bonds is 0. The van der Waals surface area contributed by atoms with Crippen LogP contribution in [0.2, 0.25) is 0 Å². The SMILES string of the molecule is CN1CCc2c(ccc(O)c2O)C1. The Labute approximate surface area is 77.2 Å². The summed E-state index contributed by atoms with van der Waals surface area (Å²) in [7, 11) is 2.05. The van der Waals surface area contributed by atoms with Crippen LogP contribution in [0, 0.1) is 0 Å². The number of hydrogen-bond donors (Lipinski definition) is 2. The number of fused-ring (bicyclic) bond motifs is 1. The number of phenols is 2. The van der Waals surface area contributed by atoms with E-state index in [2.05, 4.69) is 4.90 Å². The second-order valence-electron chi connectivity index (χ2n) is 3.56. The minimum atomic E-state index is -0.0108. The topological polar surface area (TPSA) is 43.7 Å². The van der Waals surface area contributed by atoms with Gasteiger partial charge in [-0.15, -0.1) is 0 Å². The Bertz CT molecular complexity index is 336. The van der Waals surface area contributed by atoms with E-state index in [0.29, 0.717) is 0 Å². The molecule has 0 fully saturated rings. The average Bonchev–Trinajstić information content (AvgIpc) is 2.12. The molecule has 13 heavy (non-hydrogen) atoms. The summed E-state index contributed by atoms with van der Waals surface area (Å²) in [5.74, 6) is 0.0499. The third-order valence-corrected chi connectivity index (χ3v) is 2.54. The summed E-state index contributed by atoms with van der Waals surface area (Å²) in [4.78, 5) is 2.19. The average molecular weight is 179 g/mol. The Morgan fingerprint density at radius 1 is 1.31 bits per heavy atom. The Morgan fingerprint density at radius 2 is 2.08 bits per heavy atom. The standard InChI is InChI=1S/C10H13NO2/c1-11-5-4-8-7(6-11)2-3-9(12)10(8)13/h2-3,12-13H,4-6H2,1H3. The second kappa shape index (κ2) is 2.92. The van der Waals surface area contributed by atoms with Gasteiger partial charge in [0.1, 0.15) is 0 Å². The van der Waals surface area contributed by atoms with Crippen molar-refractivity contribution >= 4 is 0 Å². The lowest BCUT2D eigenvalue weighted by Crippen LogP contribution is -2.26. The molecule has 2 N–H and O–H groups in total. The van der Waals surface area contributed by atoms with E-state index >= 15 is 0 Å². The van der Waals surface area contributed by atoms with Crippen LogP contribution in [0.1, 0.15) is 11.1 Å². The van der Waals surface area contributed by atoms with Crippen molar-refractivity contribution in [2.45, 2.75) is 13.0 Å². The summed E-state index contributed by atoms with van der Waals surface area (Å²) in [6.45, 7) is 1.78. The van der Waals surface area contributed by atoms with Crippen molar-refractivity contribution in [3.8, 4) is 11.5 Å². The van der Waals surface area contributed by atoms with Crippen molar-refractivity contribution < 1.29 is 10.2 Å². The molecule has 70 valence electrons. The highest BCUT2D eigenvalue weighted by molar-refractivity contribution is 5.49. The van der Waals surface area contributed by atoms with Crippen LogP contribution in [0.25, 0.3) is 0 Å². The molecule has 0 spiro atoms. The third kappa shape index (κ3) is 1.35. The number of likely N-dealkylation sites (N-methyl/N-ethyl adjacent to an activating group) is 1. The van der Waals surface area contributed by atoms with Crippen LogP contribution < -0.4 is 0 Å². The van der Waals surface area contributed by atoms with Gasteiger partial charge in [-0.05, 0) is 25.1 Å². The maximum Gasteiger partial charge on any atom is 0.161 e. The van der Waals surface area contributed by atoms with Crippen molar-refractivity contribution in [3.63, 3.8) is 0 Å². The molecule has 0 radical (unpaired) electrons. The molecular weight excluding hydrogens is 166 g/mol. The highest BCUT2D eigenvalue weighted by Gasteiger charge is 2.17. The maximum atomic E-state index is 9.56. The van der Waals surface area contributed by atoms with Gasteiger partial charge >= 0.3 is 0 Å². The van der Waals surface area contributed by atoms with Crippen molar-refractivity contribution in [1.29, 1.82) is 0 Å². The van der Waals surface area contributed by atoms with Crippen LogP contribution in [-0.4, -0.2) is 28.7 Å². The number of aromatic hydroxyl groups is 2. The van der Waals surface area contributed by atoms with E-state index in [4.69, 9.17) is 0 Å². The zero-order chi connectivity index (χ0) is 9.42. The van der Waals surface area contributed by atoms with Crippen LogP contribution in [0.5, 0.6) is 11.5 Å². The Balaban J connectivity index is 2.47. The first kappa shape index (κ1) is 8.38. The Morgan fingerprint density at radius 3 is 2.85 bits per heavy atom. The molecule has 1 aliphatic heterocycles. The first-order valence-corrected chi connectivity index (χ1v) is 4.39. The lowest BCUT2D eigenvalue weighted by Gasteiger charge is -2.25. The number of hydrogen-bond acceptors (Lipinski definition) is 3. The predicted octanol–water partition coefficient (Wildman–Crippen LogP) is 1.09. The van der Waals surface area contributed by atoms with Crippen LogP contribution in [0.4, 0.5) is 0 Å². The number of nitrogens with zero attached hydrogens (tertiary/aromatic N) is 1. The van der Waals surface area contributed by atoms with Gasteiger partial charge in [0.2, 0.25) is 0 Å². The van der Waals surface area contributed by atoms with Crippen molar-refractivity contribution in [2.75, 3.05) is 13.6 Å². The Hall–Kier alpha value is -1.22. The maximum absolute atomic E-state index is 9.56. The van der Waals surface area contributed by atoms with Gasteiger partial charge in [-0.25, -0.2) is 0 Å². The van der Waals surface area contributed by atoms with Gasteiger partial charge in [-0.3, -0.25) is 0 Å². The summed E-state index contributed by atoms with van der Waals surface area (Å²) in [5.41, 5.74) is 2.02. The highest BCUT2D eigenvalue weighted by atomic mass is 16.3. The minimum absolute atomic E-state index is 0.0108. The van der Waals surface area contributed by atoms with E-state index in [1.807, 2.05) is 13.1 Å². The fourth-order valence-corrected chi connectivity index (χ4v) is 1.77. The quantitative estimate of drug-likeness (QED) is 0.586. The lowest BCUT2D eigenvalue weighted by molar-refractivity contribution is 0.305. The smallest absolute Gasteiger partial charge is 0.161 e. The molecule has 0 aliphatic carbocycles. The lowest BCUT2D eigenvalue weighted by atomic mass is 9.99. The summed E-state index contributed by atoms with van der Waals surface area (Å²) >= 11 is 0. The van der Waals surface area contributed by atoms with E-state index in [1.54, 1.807) is 6.07 Å². The molecule has 0 amide bonds. The molecule has 3 heteroatoms. The number of benzene rings is 1. The molecule has 3 nitrogen and oxygen atoms in total. The molecular formula is C10H13NO2. The zero-order valence-corrected chi connectivity index (χ0v) is 7.62. The van der Waals surface area contributed by atoms with Crippen molar-refractivity contribution in [2.24, 2.45) is 0 Å². The molecule has 0 aromatic heterocycles. The molecule has 1 heterocycles. The zero-order valence-electron chi connectivity index (χ0n) is 7.62. The molecule has 0 unspecified atom stereocenters. The summed E-state index contributed by atoms with van der Waals surface area (Å²) in [5, 5.41) is 18.8. The molecule has 1 aliphatic rings. The van der Waals surface area contributed by atoms with Crippen LogP contribution >= 0.6 is 0 Å². The van der Waals surface area contributed by atoms with Crippen LogP contribution in [0.3, 0.4) is 0 Å². The van der Waals surface area contributed by atoms with Crippen molar-refractivity contribution in [3.05, 3.63) is 23.3 Å². The van der Waals surface area contributed by atoms with Crippen molar-refractivity contribution in [1.82, 2.24) is 4.90 Å². The van der Waals surface area contributed by atoms with Gasteiger partial charge in [0.25, 0.3) is 0 Å². The fraction of sp³-hybridized carbons (Fsp3) is 0.400. The summed E-state index contributed by atoms with van der Waals surface area (Å²) in [6, 6.07) is 3.42. The van der Waals surface area contributed by atoms with E-state index in [0.717, 1.165) is 30.6 Å². The first-order chi connectivity index (χ1) is 6.18.